The summed E-state index contributed by atoms with van der Waals surface area (Å²) in [5.41, 5.74) is 0. The first-order chi connectivity index (χ1) is 5.77. The van der Waals surface area contributed by atoms with Crippen molar-refractivity contribution in [2.45, 2.75) is 12.5 Å². The molecule has 0 saturated carbocycles. The van der Waals surface area contributed by atoms with Gasteiger partial charge in [0, 0.05) is 6.42 Å². The maximum atomic E-state index is 11.0. The van der Waals surface area contributed by atoms with Gasteiger partial charge >= 0.3 is 5.97 Å². The van der Waals surface area contributed by atoms with Gasteiger partial charge in [-0.25, -0.2) is 4.79 Å². The molecule has 5 nitrogen and oxygen atoms in total. The molecule has 1 N–H and O–H groups in total. The molecule has 64 valence electrons. The van der Waals surface area contributed by atoms with Crippen LogP contribution in [0.5, 0.6) is 5.75 Å². The highest BCUT2D eigenvalue weighted by atomic mass is 16.5. The Kier molecular flexibility index (Phi) is 1.49. The molecule has 0 bridgehead atoms. The number of hydrogen-bond donors (Lipinski definition) is 1. The molecule has 5 heteroatoms. The summed E-state index contributed by atoms with van der Waals surface area (Å²) in [7, 11) is 0. The number of ether oxygens (including phenoxy) is 1. The molecule has 0 aliphatic carbocycles. The second kappa shape index (κ2) is 2.51. The minimum absolute atomic E-state index is 0.0645. The van der Waals surface area contributed by atoms with E-state index in [2.05, 4.69) is 5.10 Å². The molecule has 1 aliphatic rings. The van der Waals surface area contributed by atoms with Crippen LogP contribution in [0.3, 0.4) is 0 Å². The van der Waals surface area contributed by atoms with Gasteiger partial charge in [-0.15, -0.1) is 0 Å². The van der Waals surface area contributed by atoms with Gasteiger partial charge in [-0.1, -0.05) is 0 Å². The lowest BCUT2D eigenvalue weighted by atomic mass is 10.2. The predicted molar refractivity (Wildman–Crippen MR) is 38.5 cm³/mol. The largest absolute Gasteiger partial charge is 0.505 e. The van der Waals surface area contributed by atoms with E-state index in [1.165, 1.54) is 17.1 Å². The van der Waals surface area contributed by atoms with Crippen LogP contribution in [-0.4, -0.2) is 27.5 Å². The summed E-state index contributed by atoms with van der Waals surface area (Å²) in [6, 6.07) is -0.356. The molecule has 0 radical (unpaired) electrons. The van der Waals surface area contributed by atoms with Crippen molar-refractivity contribution in [1.82, 2.24) is 9.78 Å². The molecule has 0 spiro atoms. The smallest absolute Gasteiger partial charge is 0.331 e. The Morgan fingerprint density at radius 2 is 2.58 bits per heavy atom. The Labute approximate surface area is 68.6 Å². The van der Waals surface area contributed by atoms with Gasteiger partial charge < -0.3 is 9.84 Å². The highest BCUT2D eigenvalue weighted by Gasteiger charge is 2.28. The van der Waals surface area contributed by atoms with E-state index in [1.807, 2.05) is 0 Å². The molecule has 1 unspecified atom stereocenters. The first kappa shape index (κ1) is 7.15. The van der Waals surface area contributed by atoms with Gasteiger partial charge in [0.15, 0.2) is 11.8 Å². The van der Waals surface area contributed by atoms with Crippen LogP contribution in [0.2, 0.25) is 0 Å². The number of rotatable bonds is 1. The van der Waals surface area contributed by atoms with Crippen molar-refractivity contribution in [3.8, 4) is 5.75 Å². The van der Waals surface area contributed by atoms with E-state index in [0.717, 1.165) is 0 Å². The maximum Gasteiger partial charge on any atom is 0.331 e. The van der Waals surface area contributed by atoms with E-state index in [-0.39, 0.29) is 17.8 Å². The summed E-state index contributed by atoms with van der Waals surface area (Å²) >= 11 is 0. The van der Waals surface area contributed by atoms with E-state index in [9.17, 15) is 4.79 Å². The van der Waals surface area contributed by atoms with Gasteiger partial charge in [0.25, 0.3) is 0 Å². The highest BCUT2D eigenvalue weighted by Crippen LogP contribution is 2.21. The van der Waals surface area contributed by atoms with E-state index in [1.54, 1.807) is 0 Å². The summed E-state index contributed by atoms with van der Waals surface area (Å²) in [5, 5.41) is 12.8. The number of aromatic hydroxyl groups is 1. The van der Waals surface area contributed by atoms with E-state index in [4.69, 9.17) is 9.84 Å². The van der Waals surface area contributed by atoms with E-state index in [0.29, 0.717) is 13.0 Å². The van der Waals surface area contributed by atoms with Crippen molar-refractivity contribution < 1.29 is 14.6 Å². The number of esters is 1. The van der Waals surface area contributed by atoms with E-state index < -0.39 is 0 Å². The predicted octanol–water partition coefficient (Wildman–Crippen LogP) is 0.0767. The van der Waals surface area contributed by atoms with Crippen LogP contribution >= 0.6 is 0 Å². The molecule has 1 aliphatic heterocycles. The minimum atomic E-state index is -0.356. The summed E-state index contributed by atoms with van der Waals surface area (Å²) in [4.78, 5) is 11.0. The van der Waals surface area contributed by atoms with Crippen LogP contribution < -0.4 is 0 Å². The molecular weight excluding hydrogens is 160 g/mol. The van der Waals surface area contributed by atoms with Crippen molar-refractivity contribution in [3.63, 3.8) is 0 Å². The Balaban J connectivity index is 2.24. The molecule has 1 aromatic heterocycles. The molecule has 2 heterocycles. The lowest BCUT2D eigenvalue weighted by Crippen LogP contribution is -2.14. The summed E-state index contributed by atoms with van der Waals surface area (Å²) in [5.74, 6) is -0.215. The quantitative estimate of drug-likeness (QED) is 0.603. The summed E-state index contributed by atoms with van der Waals surface area (Å²) < 4.78 is 6.17. The second-order valence-electron chi connectivity index (χ2n) is 2.65. The Hall–Kier alpha value is -1.52. The lowest BCUT2D eigenvalue weighted by molar-refractivity contribution is -0.140. The third-order valence-electron chi connectivity index (χ3n) is 1.81. The van der Waals surface area contributed by atoms with E-state index >= 15 is 0 Å². The topological polar surface area (TPSA) is 64.3 Å². The van der Waals surface area contributed by atoms with Crippen LogP contribution in [0, 0.1) is 0 Å². The highest BCUT2D eigenvalue weighted by molar-refractivity contribution is 5.75. The molecule has 2 rings (SSSR count). The van der Waals surface area contributed by atoms with Crippen molar-refractivity contribution in [2.24, 2.45) is 0 Å². The van der Waals surface area contributed by atoms with Crippen LogP contribution in [0.25, 0.3) is 0 Å². The SMILES string of the molecule is O=C1OCCC1n1cc(O)cn1. The number of carbonyl (C=O) groups excluding carboxylic acids is 1. The minimum Gasteiger partial charge on any atom is -0.505 e. The van der Waals surface area contributed by atoms with Crippen molar-refractivity contribution in [1.29, 1.82) is 0 Å². The second-order valence-corrected chi connectivity index (χ2v) is 2.65. The third kappa shape index (κ3) is 1.03. The standard InChI is InChI=1S/C7H8N2O3/c10-5-3-8-9(4-5)6-1-2-12-7(6)11/h3-4,6,10H,1-2H2. The van der Waals surface area contributed by atoms with Crippen LogP contribution in [0.4, 0.5) is 0 Å². The molecular formula is C7H8N2O3. The zero-order valence-corrected chi connectivity index (χ0v) is 6.30. The molecule has 0 amide bonds. The number of hydrogen-bond acceptors (Lipinski definition) is 4. The van der Waals surface area contributed by atoms with Crippen molar-refractivity contribution in [3.05, 3.63) is 12.4 Å². The zero-order valence-electron chi connectivity index (χ0n) is 6.30. The van der Waals surface area contributed by atoms with Gasteiger partial charge in [-0.05, 0) is 0 Å². The van der Waals surface area contributed by atoms with Crippen LogP contribution in [0.1, 0.15) is 12.5 Å². The fraction of sp³-hybridized carbons (Fsp3) is 0.429. The number of nitrogens with zero attached hydrogens (tertiary/aromatic N) is 2. The Morgan fingerprint density at radius 3 is 3.08 bits per heavy atom. The first-order valence-electron chi connectivity index (χ1n) is 3.67. The Bertz CT molecular complexity index is 307. The number of aromatic nitrogens is 2. The molecule has 12 heavy (non-hydrogen) atoms. The lowest BCUT2D eigenvalue weighted by Gasteiger charge is -2.03. The van der Waals surface area contributed by atoms with Crippen LogP contribution in [-0.2, 0) is 9.53 Å². The van der Waals surface area contributed by atoms with Gasteiger partial charge in [0.2, 0.25) is 0 Å². The summed E-state index contributed by atoms with van der Waals surface area (Å²) in [6.45, 7) is 0.435. The molecule has 1 aromatic rings. The zero-order chi connectivity index (χ0) is 8.55. The molecule has 0 aromatic carbocycles. The average molecular weight is 168 g/mol. The normalized spacial score (nSPS) is 22.7. The monoisotopic (exact) mass is 168 g/mol. The fourth-order valence-corrected chi connectivity index (χ4v) is 1.22. The molecule has 1 fully saturated rings. The molecule has 1 saturated heterocycles. The third-order valence-corrected chi connectivity index (χ3v) is 1.81. The first-order valence-corrected chi connectivity index (χ1v) is 3.67. The van der Waals surface area contributed by atoms with Crippen LogP contribution in [0.15, 0.2) is 12.4 Å². The van der Waals surface area contributed by atoms with Gasteiger partial charge in [0.1, 0.15) is 0 Å². The fourth-order valence-electron chi connectivity index (χ4n) is 1.22. The number of carbonyl (C=O) groups is 1. The van der Waals surface area contributed by atoms with Crippen molar-refractivity contribution >= 4 is 5.97 Å². The summed E-state index contributed by atoms with van der Waals surface area (Å²) in [6.07, 6.45) is 3.34. The Morgan fingerprint density at radius 1 is 1.75 bits per heavy atom. The maximum absolute atomic E-state index is 11.0. The average Bonchev–Trinajstić information content (AvgIpc) is 2.58. The number of cyclic esters (lactones) is 1. The van der Waals surface area contributed by atoms with Crippen molar-refractivity contribution in [2.75, 3.05) is 6.61 Å². The molecule has 1 atom stereocenters. The van der Waals surface area contributed by atoms with Gasteiger partial charge in [-0.3, -0.25) is 4.68 Å². The van der Waals surface area contributed by atoms with Gasteiger partial charge in [-0.2, -0.15) is 5.10 Å². The van der Waals surface area contributed by atoms with Gasteiger partial charge in [0.05, 0.1) is 19.0 Å².